The molecular weight excluding hydrogens is 238 g/mol. The summed E-state index contributed by atoms with van der Waals surface area (Å²) in [4.78, 5) is 4.41. The summed E-state index contributed by atoms with van der Waals surface area (Å²) in [6, 6.07) is 17.5. The van der Waals surface area contributed by atoms with Gasteiger partial charge in [-0.05, 0) is 30.3 Å². The second-order valence-corrected chi connectivity index (χ2v) is 4.18. The molecule has 0 atom stereocenters. The van der Waals surface area contributed by atoms with Crippen molar-refractivity contribution in [2.75, 3.05) is 0 Å². The van der Waals surface area contributed by atoms with Crippen LogP contribution in [0.4, 0.5) is 0 Å². The van der Waals surface area contributed by atoms with Gasteiger partial charge in [0.1, 0.15) is 5.75 Å². The van der Waals surface area contributed by atoms with E-state index in [0.29, 0.717) is 11.6 Å². The Morgan fingerprint density at radius 3 is 2.68 bits per heavy atom. The molecule has 3 aromatic rings. The van der Waals surface area contributed by atoms with Crippen LogP contribution in [0.15, 0.2) is 48.5 Å². The molecule has 4 heteroatoms. The molecule has 0 bridgehead atoms. The van der Waals surface area contributed by atoms with E-state index in [2.05, 4.69) is 11.1 Å². The first-order valence-electron chi connectivity index (χ1n) is 5.87. The second kappa shape index (κ2) is 4.46. The maximum Gasteiger partial charge on any atom is 0.302 e. The van der Waals surface area contributed by atoms with Gasteiger partial charge in [0.25, 0.3) is 0 Å². The number of ether oxygens (including phenoxy) is 1. The fraction of sp³-hybridized carbons (Fsp3) is 0.0667. The van der Waals surface area contributed by atoms with Gasteiger partial charge in [-0.1, -0.05) is 18.2 Å². The van der Waals surface area contributed by atoms with Crippen LogP contribution < -0.4 is 4.74 Å². The molecule has 2 aromatic carbocycles. The molecule has 1 aromatic heterocycles. The van der Waals surface area contributed by atoms with Gasteiger partial charge in [0.2, 0.25) is 0 Å². The summed E-state index contributed by atoms with van der Waals surface area (Å²) in [5, 5.41) is 8.92. The van der Waals surface area contributed by atoms with Crippen molar-refractivity contribution < 1.29 is 4.74 Å². The van der Waals surface area contributed by atoms with Crippen LogP contribution in [0.3, 0.4) is 0 Å². The summed E-state index contributed by atoms with van der Waals surface area (Å²) in [5.74, 6) is 0.737. The highest BCUT2D eigenvalue weighted by Gasteiger charge is 2.10. The molecule has 0 radical (unpaired) electrons. The molecule has 19 heavy (non-hydrogen) atoms. The molecule has 1 heterocycles. The van der Waals surface area contributed by atoms with E-state index in [1.807, 2.05) is 48.0 Å². The molecular formula is C15H11N3O. The van der Waals surface area contributed by atoms with Crippen LogP contribution in [0.2, 0.25) is 0 Å². The molecule has 0 unspecified atom stereocenters. The molecule has 0 spiro atoms. The van der Waals surface area contributed by atoms with Crippen LogP contribution in [0.5, 0.6) is 11.8 Å². The fourth-order valence-electron chi connectivity index (χ4n) is 1.92. The van der Waals surface area contributed by atoms with Crippen LogP contribution >= 0.6 is 0 Å². The zero-order valence-corrected chi connectivity index (χ0v) is 10.4. The summed E-state index contributed by atoms with van der Waals surface area (Å²) in [5.41, 5.74) is 2.30. The quantitative estimate of drug-likeness (QED) is 0.700. The fourth-order valence-corrected chi connectivity index (χ4v) is 1.92. The van der Waals surface area contributed by atoms with Crippen molar-refractivity contribution in [2.24, 2.45) is 7.05 Å². The molecule has 0 saturated carbocycles. The minimum absolute atomic E-state index is 0.510. The highest BCUT2D eigenvalue weighted by atomic mass is 16.5. The van der Waals surface area contributed by atoms with Crippen LogP contribution in [0.1, 0.15) is 5.56 Å². The first-order chi connectivity index (χ1) is 9.28. The van der Waals surface area contributed by atoms with Crippen molar-refractivity contribution in [3.63, 3.8) is 0 Å². The smallest absolute Gasteiger partial charge is 0.302 e. The van der Waals surface area contributed by atoms with E-state index in [-0.39, 0.29) is 0 Å². The van der Waals surface area contributed by atoms with Gasteiger partial charge in [-0.15, -0.1) is 0 Å². The van der Waals surface area contributed by atoms with Gasteiger partial charge in [0, 0.05) is 7.05 Å². The van der Waals surface area contributed by atoms with Gasteiger partial charge in [-0.2, -0.15) is 10.2 Å². The van der Waals surface area contributed by atoms with Gasteiger partial charge < -0.3 is 4.74 Å². The number of aryl methyl sites for hydroxylation is 1. The summed E-state index contributed by atoms with van der Waals surface area (Å²) in [7, 11) is 1.87. The second-order valence-electron chi connectivity index (χ2n) is 4.18. The number of aromatic nitrogens is 2. The zero-order chi connectivity index (χ0) is 13.2. The Kier molecular flexibility index (Phi) is 2.66. The summed E-state index contributed by atoms with van der Waals surface area (Å²) < 4.78 is 7.57. The van der Waals surface area contributed by atoms with Crippen molar-refractivity contribution >= 4 is 11.0 Å². The van der Waals surface area contributed by atoms with Crippen LogP contribution in [0, 0.1) is 11.3 Å². The van der Waals surface area contributed by atoms with Crippen LogP contribution in [-0.2, 0) is 7.05 Å². The Bertz CT molecular complexity index is 769. The first kappa shape index (κ1) is 11.3. The van der Waals surface area contributed by atoms with Crippen molar-refractivity contribution in [3.8, 4) is 17.8 Å². The number of rotatable bonds is 2. The predicted molar refractivity (Wildman–Crippen MR) is 71.9 cm³/mol. The van der Waals surface area contributed by atoms with E-state index in [1.165, 1.54) is 0 Å². The molecule has 3 rings (SSSR count). The summed E-state index contributed by atoms with van der Waals surface area (Å²) >= 11 is 0. The number of nitriles is 1. The van der Waals surface area contributed by atoms with E-state index in [9.17, 15) is 0 Å². The number of hydrogen-bond acceptors (Lipinski definition) is 3. The Morgan fingerprint density at radius 2 is 1.95 bits per heavy atom. The van der Waals surface area contributed by atoms with Gasteiger partial charge in [-0.3, -0.25) is 4.57 Å². The average molecular weight is 249 g/mol. The molecule has 0 N–H and O–H groups in total. The van der Waals surface area contributed by atoms with Crippen molar-refractivity contribution in [3.05, 3.63) is 54.1 Å². The number of para-hydroxylation sites is 1. The standard InChI is InChI=1S/C15H11N3O/c1-18-14-9-11(10-16)7-8-13(14)17-15(18)19-12-5-3-2-4-6-12/h2-9H,1H3. The average Bonchev–Trinajstić information content (AvgIpc) is 2.76. The third-order valence-corrected chi connectivity index (χ3v) is 2.92. The topological polar surface area (TPSA) is 50.8 Å². The predicted octanol–water partition coefficient (Wildman–Crippen LogP) is 3.24. The molecule has 92 valence electrons. The van der Waals surface area contributed by atoms with Gasteiger partial charge in [0.05, 0.1) is 22.7 Å². The number of imidazole rings is 1. The molecule has 0 aliphatic rings. The first-order valence-corrected chi connectivity index (χ1v) is 5.87. The SMILES string of the molecule is Cn1c(Oc2ccccc2)nc2ccc(C#N)cc21. The number of hydrogen-bond donors (Lipinski definition) is 0. The molecule has 0 saturated heterocycles. The van der Waals surface area contributed by atoms with E-state index < -0.39 is 0 Å². The zero-order valence-electron chi connectivity index (χ0n) is 10.4. The Labute approximate surface area is 110 Å². The van der Waals surface area contributed by atoms with Crippen LogP contribution in [-0.4, -0.2) is 9.55 Å². The number of nitrogens with zero attached hydrogens (tertiary/aromatic N) is 3. The van der Waals surface area contributed by atoms with Crippen molar-refractivity contribution in [1.82, 2.24) is 9.55 Å². The van der Waals surface area contributed by atoms with Gasteiger partial charge >= 0.3 is 6.01 Å². The van der Waals surface area contributed by atoms with Crippen LogP contribution in [0.25, 0.3) is 11.0 Å². The van der Waals surface area contributed by atoms with Crippen molar-refractivity contribution in [2.45, 2.75) is 0 Å². The van der Waals surface area contributed by atoms with Gasteiger partial charge in [0.15, 0.2) is 0 Å². The highest BCUT2D eigenvalue weighted by Crippen LogP contribution is 2.25. The minimum Gasteiger partial charge on any atom is -0.426 e. The Balaban J connectivity index is 2.06. The Hall–Kier alpha value is -2.80. The molecule has 0 aliphatic carbocycles. The third-order valence-electron chi connectivity index (χ3n) is 2.92. The maximum atomic E-state index is 8.92. The highest BCUT2D eigenvalue weighted by molar-refractivity contribution is 5.78. The lowest BCUT2D eigenvalue weighted by molar-refractivity contribution is 0.428. The minimum atomic E-state index is 0.510. The lowest BCUT2D eigenvalue weighted by Gasteiger charge is -2.04. The summed E-state index contributed by atoms with van der Waals surface area (Å²) in [6.07, 6.45) is 0. The van der Waals surface area contributed by atoms with E-state index >= 15 is 0 Å². The lowest BCUT2D eigenvalue weighted by Crippen LogP contribution is -1.94. The van der Waals surface area contributed by atoms with E-state index in [1.54, 1.807) is 12.1 Å². The monoisotopic (exact) mass is 249 g/mol. The number of benzene rings is 2. The molecule has 0 aliphatic heterocycles. The van der Waals surface area contributed by atoms with Crippen molar-refractivity contribution in [1.29, 1.82) is 5.26 Å². The van der Waals surface area contributed by atoms with E-state index in [4.69, 9.17) is 10.00 Å². The number of fused-ring (bicyclic) bond motifs is 1. The van der Waals surface area contributed by atoms with Gasteiger partial charge in [-0.25, -0.2) is 0 Å². The Morgan fingerprint density at radius 1 is 1.16 bits per heavy atom. The summed E-state index contributed by atoms with van der Waals surface area (Å²) in [6.45, 7) is 0. The largest absolute Gasteiger partial charge is 0.426 e. The third kappa shape index (κ3) is 2.02. The lowest BCUT2D eigenvalue weighted by atomic mass is 10.2. The maximum absolute atomic E-state index is 8.92. The molecule has 4 nitrogen and oxygen atoms in total. The molecule has 0 amide bonds. The normalized spacial score (nSPS) is 10.3. The molecule has 0 fully saturated rings. The van der Waals surface area contributed by atoms with E-state index in [0.717, 1.165) is 16.8 Å².